The van der Waals surface area contributed by atoms with Crippen molar-refractivity contribution in [2.24, 2.45) is 0 Å². The van der Waals surface area contributed by atoms with Gasteiger partial charge >= 0.3 is 0 Å². The van der Waals surface area contributed by atoms with Gasteiger partial charge in [-0.3, -0.25) is 4.79 Å². The number of nitrogens with one attached hydrogen (secondary N) is 1. The highest BCUT2D eigenvalue weighted by Crippen LogP contribution is 2.21. The molecule has 0 aliphatic rings. The Morgan fingerprint density at radius 2 is 2.11 bits per heavy atom. The molecule has 100 valence electrons. The molecule has 18 heavy (non-hydrogen) atoms. The molecule has 0 bridgehead atoms. The number of carbonyl (C=O) groups is 1. The number of nitrogen functional groups attached to an aromatic ring is 1. The molecule has 0 spiro atoms. The number of anilines is 1. The molecule has 0 aliphatic heterocycles. The molecule has 0 fully saturated rings. The number of unbranched alkanes of at least 4 members (excludes halogenated alkanes) is 1. The van der Waals surface area contributed by atoms with Gasteiger partial charge in [0.2, 0.25) is 0 Å². The number of methoxy groups -OCH3 is 2. The predicted octanol–water partition coefficient (Wildman–Crippen LogP) is 1.43. The van der Waals surface area contributed by atoms with Crippen molar-refractivity contribution >= 4 is 11.6 Å². The van der Waals surface area contributed by atoms with Crippen LogP contribution < -0.4 is 15.8 Å². The van der Waals surface area contributed by atoms with Crippen LogP contribution in [0.3, 0.4) is 0 Å². The summed E-state index contributed by atoms with van der Waals surface area (Å²) >= 11 is 0. The SMILES string of the molecule is COCCCCNC(=O)c1ccc(N)c(OC)c1. The minimum atomic E-state index is -0.120. The lowest BCUT2D eigenvalue weighted by molar-refractivity contribution is 0.0951. The minimum Gasteiger partial charge on any atom is -0.495 e. The number of hydrogen-bond acceptors (Lipinski definition) is 4. The van der Waals surface area contributed by atoms with Crippen molar-refractivity contribution in [2.45, 2.75) is 12.8 Å². The largest absolute Gasteiger partial charge is 0.495 e. The van der Waals surface area contributed by atoms with Gasteiger partial charge in [-0.1, -0.05) is 0 Å². The normalized spacial score (nSPS) is 10.1. The molecule has 0 aliphatic carbocycles. The molecule has 1 aromatic carbocycles. The van der Waals surface area contributed by atoms with Crippen molar-refractivity contribution in [2.75, 3.05) is 33.1 Å². The van der Waals surface area contributed by atoms with Crippen LogP contribution in [0.1, 0.15) is 23.2 Å². The summed E-state index contributed by atoms with van der Waals surface area (Å²) < 4.78 is 10.0. The predicted molar refractivity (Wildman–Crippen MR) is 70.8 cm³/mol. The van der Waals surface area contributed by atoms with E-state index >= 15 is 0 Å². The van der Waals surface area contributed by atoms with E-state index in [2.05, 4.69) is 5.32 Å². The van der Waals surface area contributed by atoms with Gasteiger partial charge in [-0.15, -0.1) is 0 Å². The van der Waals surface area contributed by atoms with E-state index in [9.17, 15) is 4.79 Å². The number of ether oxygens (including phenoxy) is 2. The van der Waals surface area contributed by atoms with Crippen molar-refractivity contribution in [3.05, 3.63) is 23.8 Å². The fourth-order valence-corrected chi connectivity index (χ4v) is 1.53. The van der Waals surface area contributed by atoms with Crippen LogP contribution in [0.4, 0.5) is 5.69 Å². The Labute approximate surface area is 107 Å². The zero-order chi connectivity index (χ0) is 13.4. The monoisotopic (exact) mass is 252 g/mol. The number of rotatable bonds is 7. The Hall–Kier alpha value is -1.75. The van der Waals surface area contributed by atoms with Crippen molar-refractivity contribution in [1.29, 1.82) is 0 Å². The quantitative estimate of drug-likeness (QED) is 0.569. The minimum absolute atomic E-state index is 0.120. The summed E-state index contributed by atoms with van der Waals surface area (Å²) in [5, 5.41) is 2.84. The summed E-state index contributed by atoms with van der Waals surface area (Å²) in [6.07, 6.45) is 1.83. The van der Waals surface area contributed by atoms with Crippen LogP contribution in [0.25, 0.3) is 0 Å². The van der Waals surface area contributed by atoms with E-state index in [0.717, 1.165) is 12.8 Å². The fourth-order valence-electron chi connectivity index (χ4n) is 1.53. The van der Waals surface area contributed by atoms with Crippen LogP contribution in [-0.4, -0.2) is 33.3 Å². The van der Waals surface area contributed by atoms with E-state index < -0.39 is 0 Å². The van der Waals surface area contributed by atoms with Gasteiger partial charge in [-0.25, -0.2) is 0 Å². The zero-order valence-electron chi connectivity index (χ0n) is 10.9. The molecule has 0 aromatic heterocycles. The molecule has 1 aromatic rings. The number of carbonyl (C=O) groups excluding carboxylic acids is 1. The first-order valence-electron chi connectivity index (χ1n) is 5.89. The second-order valence-electron chi connectivity index (χ2n) is 3.91. The lowest BCUT2D eigenvalue weighted by Gasteiger charge is -2.08. The third-order valence-corrected chi connectivity index (χ3v) is 2.56. The molecule has 0 heterocycles. The summed E-state index contributed by atoms with van der Waals surface area (Å²) in [6.45, 7) is 1.35. The van der Waals surface area contributed by atoms with E-state index in [-0.39, 0.29) is 5.91 Å². The van der Waals surface area contributed by atoms with Gasteiger partial charge in [-0.05, 0) is 31.0 Å². The first kappa shape index (κ1) is 14.3. The molecule has 1 rings (SSSR count). The van der Waals surface area contributed by atoms with Crippen molar-refractivity contribution < 1.29 is 14.3 Å². The lowest BCUT2D eigenvalue weighted by atomic mass is 10.1. The van der Waals surface area contributed by atoms with Crippen molar-refractivity contribution in [3.63, 3.8) is 0 Å². The van der Waals surface area contributed by atoms with Crippen molar-refractivity contribution in [1.82, 2.24) is 5.32 Å². The Morgan fingerprint density at radius 3 is 2.78 bits per heavy atom. The van der Waals surface area contributed by atoms with Gasteiger partial charge in [0.15, 0.2) is 0 Å². The van der Waals surface area contributed by atoms with E-state index in [1.807, 2.05) is 0 Å². The second-order valence-corrected chi connectivity index (χ2v) is 3.91. The second kappa shape index (κ2) is 7.55. The van der Waals surface area contributed by atoms with E-state index in [1.165, 1.54) is 7.11 Å². The molecular weight excluding hydrogens is 232 g/mol. The smallest absolute Gasteiger partial charge is 0.251 e. The molecule has 5 heteroatoms. The van der Waals surface area contributed by atoms with E-state index in [0.29, 0.717) is 30.2 Å². The Kier molecular flexibility index (Phi) is 6.00. The average molecular weight is 252 g/mol. The number of amides is 1. The lowest BCUT2D eigenvalue weighted by Crippen LogP contribution is -2.24. The maximum Gasteiger partial charge on any atom is 0.251 e. The fraction of sp³-hybridized carbons (Fsp3) is 0.462. The Morgan fingerprint density at radius 1 is 1.33 bits per heavy atom. The molecular formula is C13H20N2O3. The molecule has 3 N–H and O–H groups in total. The van der Waals surface area contributed by atoms with Gasteiger partial charge in [0.05, 0.1) is 12.8 Å². The van der Waals surface area contributed by atoms with Gasteiger partial charge in [0.25, 0.3) is 5.91 Å². The highest BCUT2D eigenvalue weighted by molar-refractivity contribution is 5.95. The van der Waals surface area contributed by atoms with Gasteiger partial charge < -0.3 is 20.5 Å². The van der Waals surface area contributed by atoms with E-state index in [1.54, 1.807) is 25.3 Å². The number of benzene rings is 1. The van der Waals surface area contributed by atoms with Gasteiger partial charge in [0.1, 0.15) is 5.75 Å². The molecule has 0 saturated carbocycles. The summed E-state index contributed by atoms with van der Waals surface area (Å²) in [7, 11) is 3.19. The molecule has 1 amide bonds. The number of nitrogens with two attached hydrogens (primary N) is 1. The summed E-state index contributed by atoms with van der Waals surface area (Å²) in [4.78, 5) is 11.8. The van der Waals surface area contributed by atoms with Crippen LogP contribution in [-0.2, 0) is 4.74 Å². The maximum atomic E-state index is 11.8. The zero-order valence-corrected chi connectivity index (χ0v) is 10.9. The Bertz CT molecular complexity index is 394. The maximum absolute atomic E-state index is 11.8. The van der Waals surface area contributed by atoms with Crippen LogP contribution >= 0.6 is 0 Å². The highest BCUT2D eigenvalue weighted by Gasteiger charge is 2.07. The third kappa shape index (κ3) is 4.25. The third-order valence-electron chi connectivity index (χ3n) is 2.56. The van der Waals surface area contributed by atoms with Crippen LogP contribution in [0, 0.1) is 0 Å². The van der Waals surface area contributed by atoms with Crippen LogP contribution in [0.15, 0.2) is 18.2 Å². The van der Waals surface area contributed by atoms with Gasteiger partial charge in [0, 0.05) is 25.8 Å². The first-order valence-corrected chi connectivity index (χ1v) is 5.89. The van der Waals surface area contributed by atoms with Crippen LogP contribution in [0.5, 0.6) is 5.75 Å². The highest BCUT2D eigenvalue weighted by atomic mass is 16.5. The standard InChI is InChI=1S/C13H20N2O3/c1-17-8-4-3-7-15-13(16)10-5-6-11(14)12(9-10)18-2/h5-6,9H,3-4,7-8,14H2,1-2H3,(H,15,16). The summed E-state index contributed by atoms with van der Waals surface area (Å²) in [5.74, 6) is 0.396. The molecule has 0 unspecified atom stereocenters. The molecule has 0 saturated heterocycles. The summed E-state index contributed by atoms with van der Waals surface area (Å²) in [6, 6.07) is 4.99. The number of hydrogen-bond donors (Lipinski definition) is 2. The van der Waals surface area contributed by atoms with Crippen molar-refractivity contribution in [3.8, 4) is 5.75 Å². The molecule has 0 atom stereocenters. The molecule has 5 nitrogen and oxygen atoms in total. The van der Waals surface area contributed by atoms with E-state index in [4.69, 9.17) is 15.2 Å². The van der Waals surface area contributed by atoms with Gasteiger partial charge in [-0.2, -0.15) is 0 Å². The average Bonchev–Trinajstić information content (AvgIpc) is 2.38. The summed E-state index contributed by atoms with van der Waals surface area (Å²) in [5.41, 5.74) is 6.76. The first-order chi connectivity index (χ1) is 8.69. The molecule has 0 radical (unpaired) electrons. The van der Waals surface area contributed by atoms with Crippen LogP contribution in [0.2, 0.25) is 0 Å². The Balaban J connectivity index is 2.46. The topological polar surface area (TPSA) is 73.6 Å².